The summed E-state index contributed by atoms with van der Waals surface area (Å²) in [4.78, 5) is 31.0. The highest BCUT2D eigenvalue weighted by Crippen LogP contribution is 2.48. The fourth-order valence-corrected chi connectivity index (χ4v) is 6.40. The van der Waals surface area contributed by atoms with Crippen LogP contribution in [-0.4, -0.2) is 60.5 Å². The second-order valence-electron chi connectivity index (χ2n) is 10.3. The van der Waals surface area contributed by atoms with Gasteiger partial charge in [-0.25, -0.2) is 4.39 Å². The number of halogens is 1. The molecule has 0 bridgehead atoms. The van der Waals surface area contributed by atoms with Crippen LogP contribution in [0.5, 0.6) is 0 Å². The van der Waals surface area contributed by atoms with Crippen molar-refractivity contribution in [1.82, 2.24) is 9.80 Å². The van der Waals surface area contributed by atoms with Crippen molar-refractivity contribution in [3.63, 3.8) is 0 Å². The predicted molar refractivity (Wildman–Crippen MR) is 128 cm³/mol. The molecule has 3 aliphatic heterocycles. The van der Waals surface area contributed by atoms with Gasteiger partial charge in [-0.3, -0.25) is 9.59 Å². The van der Waals surface area contributed by atoms with Crippen LogP contribution in [0, 0.1) is 12.7 Å². The van der Waals surface area contributed by atoms with Gasteiger partial charge in [0.05, 0.1) is 11.0 Å². The lowest BCUT2D eigenvalue weighted by Gasteiger charge is -2.46. The lowest BCUT2D eigenvalue weighted by atomic mass is 9.72. The Labute approximate surface area is 200 Å². The lowest BCUT2D eigenvalue weighted by Crippen LogP contribution is -2.57. The topological polar surface area (TPSA) is 49.9 Å². The summed E-state index contributed by atoms with van der Waals surface area (Å²) in [6, 6.07) is 14.9. The zero-order chi connectivity index (χ0) is 23.9. The Bertz CT molecular complexity index is 1060. The highest BCUT2D eigenvalue weighted by atomic mass is 19.1. The van der Waals surface area contributed by atoms with Gasteiger partial charge in [0.15, 0.2) is 0 Å². The fraction of sp³-hybridized carbons (Fsp3) is 0.500. The number of likely N-dealkylation sites (tertiary alicyclic amines) is 2. The van der Waals surface area contributed by atoms with Crippen molar-refractivity contribution in [2.75, 3.05) is 33.4 Å². The average molecular weight is 465 g/mol. The third-order valence-electron chi connectivity index (χ3n) is 8.48. The summed E-state index contributed by atoms with van der Waals surface area (Å²) in [7, 11) is 1.87. The molecule has 3 heterocycles. The van der Waals surface area contributed by atoms with Crippen LogP contribution >= 0.6 is 0 Å². The molecule has 0 unspecified atom stereocenters. The summed E-state index contributed by atoms with van der Waals surface area (Å²) in [6.07, 6.45) is 3.47. The van der Waals surface area contributed by atoms with Crippen molar-refractivity contribution in [1.29, 1.82) is 0 Å². The quantitative estimate of drug-likeness (QED) is 0.685. The number of piperidine rings is 1. The number of carbonyl (C=O) groups excluding carboxylic acids is 2. The van der Waals surface area contributed by atoms with Gasteiger partial charge in [0.1, 0.15) is 5.82 Å². The molecule has 34 heavy (non-hydrogen) atoms. The largest absolute Gasteiger partial charge is 0.381 e. The molecule has 2 amide bonds. The van der Waals surface area contributed by atoms with Gasteiger partial charge in [-0.15, -0.1) is 0 Å². The minimum atomic E-state index is -0.623. The first-order valence-corrected chi connectivity index (χ1v) is 12.3. The Morgan fingerprint density at radius 1 is 1.03 bits per heavy atom. The van der Waals surface area contributed by atoms with E-state index in [2.05, 4.69) is 31.2 Å². The van der Waals surface area contributed by atoms with Crippen molar-refractivity contribution < 1.29 is 18.7 Å². The maximum Gasteiger partial charge on any atom is 0.233 e. The molecule has 0 saturated carbocycles. The van der Waals surface area contributed by atoms with Gasteiger partial charge in [0.2, 0.25) is 11.8 Å². The Morgan fingerprint density at radius 3 is 2.38 bits per heavy atom. The van der Waals surface area contributed by atoms with Crippen molar-refractivity contribution in [2.24, 2.45) is 0 Å². The van der Waals surface area contributed by atoms with E-state index in [1.54, 1.807) is 0 Å². The van der Waals surface area contributed by atoms with Gasteiger partial charge in [-0.05, 0) is 55.9 Å². The van der Waals surface area contributed by atoms with E-state index in [-0.39, 0.29) is 23.5 Å². The standard InChI is InChI=1S/C28H33FN2O3/c1-20-5-9-22(10-6-20)27(14-16-34-17-15-27)26(33)31-18-24(21-7-11-23(29)12-8-21)28(19-31)13-3-4-25(32)30(28)2/h5-12,24H,3-4,13-19H2,1-2H3/t24-,28+/m0/s1. The van der Waals surface area contributed by atoms with E-state index >= 15 is 0 Å². The number of hydrogen-bond acceptors (Lipinski definition) is 3. The number of benzene rings is 2. The summed E-state index contributed by atoms with van der Waals surface area (Å²) in [5.74, 6) is -0.0967. The molecule has 0 N–H and O–H groups in total. The molecule has 180 valence electrons. The van der Waals surface area contributed by atoms with Crippen LogP contribution in [0.15, 0.2) is 48.5 Å². The summed E-state index contributed by atoms with van der Waals surface area (Å²) in [6.45, 7) is 4.19. The Hall–Kier alpha value is -2.73. The highest BCUT2D eigenvalue weighted by molar-refractivity contribution is 5.89. The monoisotopic (exact) mass is 464 g/mol. The van der Waals surface area contributed by atoms with E-state index in [1.807, 2.05) is 29.0 Å². The SMILES string of the molecule is Cc1ccc(C2(C(=O)N3C[C@@H](c4ccc(F)cc4)[C@@]4(CCCC(=O)N4C)C3)CCOCC2)cc1. The molecular weight excluding hydrogens is 431 g/mol. The number of likely N-dealkylation sites (N-methyl/N-ethyl adjacent to an activating group) is 1. The molecule has 5 nitrogen and oxygen atoms in total. The second-order valence-corrected chi connectivity index (χ2v) is 10.3. The maximum atomic E-state index is 14.4. The number of amides is 2. The average Bonchev–Trinajstić information content (AvgIpc) is 3.23. The minimum absolute atomic E-state index is 0.0544. The number of rotatable bonds is 3. The van der Waals surface area contributed by atoms with E-state index in [4.69, 9.17) is 4.74 Å². The molecule has 0 radical (unpaired) electrons. The predicted octanol–water partition coefficient (Wildman–Crippen LogP) is 4.19. The molecular formula is C28H33FN2O3. The van der Waals surface area contributed by atoms with E-state index in [0.717, 1.165) is 29.5 Å². The second kappa shape index (κ2) is 8.81. The molecule has 2 aromatic carbocycles. The smallest absolute Gasteiger partial charge is 0.233 e. The van der Waals surface area contributed by atoms with Crippen LogP contribution in [0.3, 0.4) is 0 Å². The van der Waals surface area contributed by atoms with Crippen LogP contribution in [0.25, 0.3) is 0 Å². The molecule has 0 aromatic heterocycles. The zero-order valence-corrected chi connectivity index (χ0v) is 20.1. The van der Waals surface area contributed by atoms with Gasteiger partial charge in [0, 0.05) is 45.7 Å². The van der Waals surface area contributed by atoms with Crippen molar-refractivity contribution in [2.45, 2.75) is 55.9 Å². The van der Waals surface area contributed by atoms with Crippen LogP contribution in [0.4, 0.5) is 4.39 Å². The van der Waals surface area contributed by atoms with E-state index in [1.165, 1.54) is 12.1 Å². The number of ether oxygens (including phenoxy) is 1. The fourth-order valence-electron chi connectivity index (χ4n) is 6.40. The number of aryl methyl sites for hydroxylation is 1. The molecule has 5 rings (SSSR count). The summed E-state index contributed by atoms with van der Waals surface area (Å²) >= 11 is 0. The molecule has 2 aromatic rings. The van der Waals surface area contributed by atoms with Crippen molar-refractivity contribution in [3.05, 3.63) is 71.0 Å². The third kappa shape index (κ3) is 3.72. The van der Waals surface area contributed by atoms with Crippen molar-refractivity contribution >= 4 is 11.8 Å². The zero-order valence-electron chi connectivity index (χ0n) is 20.1. The maximum absolute atomic E-state index is 14.4. The van der Waals surface area contributed by atoms with Crippen LogP contribution < -0.4 is 0 Å². The van der Waals surface area contributed by atoms with Gasteiger partial charge < -0.3 is 14.5 Å². The first-order valence-electron chi connectivity index (χ1n) is 12.3. The van der Waals surface area contributed by atoms with E-state index < -0.39 is 11.0 Å². The van der Waals surface area contributed by atoms with Crippen molar-refractivity contribution in [3.8, 4) is 0 Å². The summed E-state index contributed by atoms with van der Waals surface area (Å²) < 4.78 is 19.4. The molecule has 3 aliphatic rings. The van der Waals surface area contributed by atoms with Crippen LogP contribution in [-0.2, 0) is 19.7 Å². The Kier molecular flexibility index (Phi) is 5.96. The normalized spacial score (nSPS) is 26.8. The number of nitrogens with zero attached hydrogens (tertiary/aromatic N) is 2. The summed E-state index contributed by atoms with van der Waals surface area (Å²) in [5, 5.41) is 0. The Morgan fingerprint density at radius 2 is 1.71 bits per heavy atom. The third-order valence-corrected chi connectivity index (χ3v) is 8.48. The van der Waals surface area contributed by atoms with E-state index in [9.17, 15) is 14.0 Å². The van der Waals surface area contributed by atoms with Gasteiger partial charge >= 0.3 is 0 Å². The molecule has 0 aliphatic carbocycles. The molecule has 3 fully saturated rings. The lowest BCUT2D eigenvalue weighted by molar-refractivity contribution is -0.144. The van der Waals surface area contributed by atoms with Crippen LogP contribution in [0.1, 0.15) is 54.7 Å². The highest BCUT2D eigenvalue weighted by Gasteiger charge is 2.56. The molecule has 2 atom stereocenters. The first kappa shape index (κ1) is 23.0. The molecule has 6 heteroatoms. The first-order chi connectivity index (χ1) is 16.4. The molecule has 1 spiro atoms. The van der Waals surface area contributed by atoms with E-state index in [0.29, 0.717) is 45.6 Å². The van der Waals surface area contributed by atoms with Gasteiger partial charge in [-0.1, -0.05) is 42.0 Å². The Balaban J connectivity index is 1.54. The number of carbonyl (C=O) groups is 2. The molecule has 3 saturated heterocycles. The minimum Gasteiger partial charge on any atom is -0.381 e. The van der Waals surface area contributed by atoms with Gasteiger partial charge in [-0.2, -0.15) is 0 Å². The van der Waals surface area contributed by atoms with Crippen LogP contribution in [0.2, 0.25) is 0 Å². The summed E-state index contributed by atoms with van der Waals surface area (Å²) in [5.41, 5.74) is 2.09. The van der Waals surface area contributed by atoms with Gasteiger partial charge in [0.25, 0.3) is 0 Å². The number of hydrogen-bond donors (Lipinski definition) is 0.